The van der Waals surface area contributed by atoms with E-state index in [9.17, 15) is 9.59 Å². The number of hydrogen-bond acceptors (Lipinski definition) is 5. The molecule has 2 saturated heterocycles. The van der Waals surface area contributed by atoms with Gasteiger partial charge >= 0.3 is 0 Å². The molecular weight excluding hydrogens is 392 g/mol. The first kappa shape index (κ1) is 21.2. The number of rotatable bonds is 6. The zero-order valence-electron chi connectivity index (χ0n) is 18.0. The van der Waals surface area contributed by atoms with E-state index >= 15 is 0 Å². The molecule has 1 aromatic carbocycles. The van der Waals surface area contributed by atoms with Crippen molar-refractivity contribution in [1.82, 2.24) is 10.3 Å². The number of carbonyl (C=O) groups is 2. The maximum absolute atomic E-state index is 12.7. The molecule has 164 valence electrons. The summed E-state index contributed by atoms with van der Waals surface area (Å²) < 4.78 is 5.36. The first-order valence-corrected chi connectivity index (χ1v) is 11.1. The largest absolute Gasteiger partial charge is 0.495 e. The van der Waals surface area contributed by atoms with Crippen LogP contribution in [0.2, 0.25) is 0 Å². The highest BCUT2D eigenvalue weighted by Gasteiger charge is 2.36. The summed E-state index contributed by atoms with van der Waals surface area (Å²) in [5.41, 5.74) is 1.66. The highest BCUT2D eigenvalue weighted by molar-refractivity contribution is 6.01. The van der Waals surface area contributed by atoms with Crippen molar-refractivity contribution >= 4 is 23.3 Å². The predicted octanol–water partition coefficient (Wildman–Crippen LogP) is 3.14. The monoisotopic (exact) mass is 422 g/mol. The Labute approximate surface area is 183 Å². The van der Waals surface area contributed by atoms with Gasteiger partial charge in [-0.15, -0.1) is 0 Å². The Morgan fingerprint density at radius 2 is 1.90 bits per heavy atom. The predicted molar refractivity (Wildman–Crippen MR) is 120 cm³/mol. The lowest BCUT2D eigenvalue weighted by Crippen LogP contribution is -2.32. The molecule has 2 amide bonds. The molecule has 0 aliphatic carbocycles. The lowest BCUT2D eigenvalue weighted by atomic mass is 10.1. The molecule has 2 fully saturated rings. The molecular formula is C24H30N4O3. The summed E-state index contributed by atoms with van der Waals surface area (Å²) in [7, 11) is 1.58. The Kier molecular flexibility index (Phi) is 6.70. The van der Waals surface area contributed by atoms with Crippen LogP contribution in [0.4, 0.5) is 11.5 Å². The van der Waals surface area contributed by atoms with Crippen LogP contribution in [0.25, 0.3) is 0 Å². The van der Waals surface area contributed by atoms with Crippen LogP contribution in [0.15, 0.2) is 42.6 Å². The van der Waals surface area contributed by atoms with Crippen molar-refractivity contribution in [1.29, 1.82) is 0 Å². The number of ether oxygens (including phenoxy) is 1. The van der Waals surface area contributed by atoms with Gasteiger partial charge in [-0.2, -0.15) is 0 Å². The first-order chi connectivity index (χ1) is 15.2. The zero-order chi connectivity index (χ0) is 21.6. The first-order valence-electron chi connectivity index (χ1n) is 11.1. The highest BCUT2D eigenvalue weighted by atomic mass is 16.5. The SMILES string of the molecule is COc1ccccc1N1CC(C(=O)NCc2ccc(N3CCCCCC3)nc2)CC1=O. The van der Waals surface area contributed by atoms with Crippen molar-refractivity contribution in [2.24, 2.45) is 5.92 Å². The Morgan fingerprint density at radius 3 is 2.61 bits per heavy atom. The third kappa shape index (κ3) is 4.98. The second kappa shape index (κ2) is 9.81. The van der Waals surface area contributed by atoms with Gasteiger partial charge < -0.3 is 19.9 Å². The maximum Gasteiger partial charge on any atom is 0.227 e. The van der Waals surface area contributed by atoms with Crippen molar-refractivity contribution in [3.8, 4) is 5.75 Å². The van der Waals surface area contributed by atoms with Gasteiger partial charge in [0.15, 0.2) is 0 Å². The van der Waals surface area contributed by atoms with E-state index in [0.29, 0.717) is 24.5 Å². The number of anilines is 2. The van der Waals surface area contributed by atoms with Crippen LogP contribution in [0, 0.1) is 5.92 Å². The van der Waals surface area contributed by atoms with Gasteiger partial charge in [0.25, 0.3) is 0 Å². The van der Waals surface area contributed by atoms with Gasteiger partial charge in [0.1, 0.15) is 11.6 Å². The minimum atomic E-state index is -0.373. The normalized spacial score (nSPS) is 19.3. The van der Waals surface area contributed by atoms with Crippen LogP contribution in [0.5, 0.6) is 5.75 Å². The van der Waals surface area contributed by atoms with E-state index in [1.54, 1.807) is 12.0 Å². The molecule has 1 N–H and O–H groups in total. The van der Waals surface area contributed by atoms with Crippen LogP contribution in [0.1, 0.15) is 37.7 Å². The molecule has 0 spiro atoms. The molecule has 1 aromatic heterocycles. The number of nitrogens with one attached hydrogen (secondary N) is 1. The zero-order valence-corrected chi connectivity index (χ0v) is 18.0. The van der Waals surface area contributed by atoms with Crippen molar-refractivity contribution in [3.05, 3.63) is 48.2 Å². The van der Waals surface area contributed by atoms with Gasteiger partial charge in [-0.3, -0.25) is 9.59 Å². The van der Waals surface area contributed by atoms with Crippen molar-refractivity contribution in [2.75, 3.05) is 36.5 Å². The number of benzene rings is 1. The van der Waals surface area contributed by atoms with E-state index in [1.807, 2.05) is 42.6 Å². The summed E-state index contributed by atoms with van der Waals surface area (Å²) in [5.74, 6) is 1.09. The van der Waals surface area contributed by atoms with E-state index in [2.05, 4.69) is 15.2 Å². The summed E-state index contributed by atoms with van der Waals surface area (Å²) in [4.78, 5) is 33.8. The smallest absolute Gasteiger partial charge is 0.227 e. The molecule has 7 heteroatoms. The summed E-state index contributed by atoms with van der Waals surface area (Å²) in [6, 6.07) is 11.4. The van der Waals surface area contributed by atoms with Gasteiger partial charge in [-0.25, -0.2) is 4.98 Å². The molecule has 2 aliphatic rings. The lowest BCUT2D eigenvalue weighted by Gasteiger charge is -2.21. The molecule has 4 rings (SSSR count). The molecule has 0 bridgehead atoms. The number of nitrogens with zero attached hydrogens (tertiary/aromatic N) is 3. The Balaban J connectivity index is 1.32. The van der Waals surface area contributed by atoms with Gasteiger partial charge in [-0.05, 0) is 36.6 Å². The van der Waals surface area contributed by atoms with Crippen molar-refractivity contribution in [3.63, 3.8) is 0 Å². The second-order valence-corrected chi connectivity index (χ2v) is 8.22. The second-order valence-electron chi connectivity index (χ2n) is 8.22. The molecule has 0 saturated carbocycles. The number of pyridine rings is 1. The number of aromatic nitrogens is 1. The molecule has 3 heterocycles. The van der Waals surface area contributed by atoms with Gasteiger partial charge in [0.05, 0.1) is 18.7 Å². The molecule has 2 aliphatic heterocycles. The molecule has 1 atom stereocenters. The minimum Gasteiger partial charge on any atom is -0.495 e. The summed E-state index contributed by atoms with van der Waals surface area (Å²) in [6.07, 6.45) is 7.05. The molecule has 1 unspecified atom stereocenters. The fraction of sp³-hybridized carbons (Fsp3) is 0.458. The van der Waals surface area contributed by atoms with E-state index < -0.39 is 0 Å². The van der Waals surface area contributed by atoms with Crippen LogP contribution in [0.3, 0.4) is 0 Å². The summed E-state index contributed by atoms with van der Waals surface area (Å²) >= 11 is 0. The quantitative estimate of drug-likeness (QED) is 0.774. The maximum atomic E-state index is 12.7. The van der Waals surface area contributed by atoms with Crippen LogP contribution in [-0.4, -0.2) is 43.5 Å². The lowest BCUT2D eigenvalue weighted by molar-refractivity contribution is -0.126. The van der Waals surface area contributed by atoms with E-state index in [1.165, 1.54) is 25.7 Å². The van der Waals surface area contributed by atoms with Crippen LogP contribution in [-0.2, 0) is 16.1 Å². The number of amides is 2. The fourth-order valence-electron chi connectivity index (χ4n) is 4.31. The third-order valence-corrected chi connectivity index (χ3v) is 6.08. The highest BCUT2D eigenvalue weighted by Crippen LogP contribution is 2.32. The van der Waals surface area contributed by atoms with Gasteiger partial charge in [-0.1, -0.05) is 31.0 Å². The van der Waals surface area contributed by atoms with E-state index in [4.69, 9.17) is 4.74 Å². The number of carbonyl (C=O) groups excluding carboxylic acids is 2. The van der Waals surface area contributed by atoms with Crippen molar-refractivity contribution < 1.29 is 14.3 Å². The van der Waals surface area contributed by atoms with Gasteiger partial charge in [0.2, 0.25) is 11.8 Å². The fourth-order valence-corrected chi connectivity index (χ4v) is 4.31. The molecule has 2 aromatic rings. The van der Waals surface area contributed by atoms with Gasteiger partial charge in [0, 0.05) is 38.8 Å². The standard InChI is InChI=1S/C24H30N4O3/c1-31-21-9-5-4-8-20(21)28-17-19(14-23(28)29)24(30)26-16-18-10-11-22(25-15-18)27-12-6-2-3-7-13-27/h4-5,8-11,15,19H,2-3,6-7,12-14,16-17H2,1H3,(H,26,30). The van der Waals surface area contributed by atoms with Crippen molar-refractivity contribution in [2.45, 2.75) is 38.6 Å². The van der Waals surface area contributed by atoms with E-state index in [0.717, 1.165) is 24.5 Å². The molecule has 0 radical (unpaired) electrons. The number of hydrogen-bond donors (Lipinski definition) is 1. The summed E-state index contributed by atoms with van der Waals surface area (Å²) in [6.45, 7) is 2.88. The molecule has 7 nitrogen and oxygen atoms in total. The Bertz CT molecular complexity index is 907. The summed E-state index contributed by atoms with van der Waals surface area (Å²) in [5, 5.41) is 2.97. The average molecular weight is 423 g/mol. The minimum absolute atomic E-state index is 0.0619. The Morgan fingerprint density at radius 1 is 1.13 bits per heavy atom. The number of methoxy groups -OCH3 is 1. The van der Waals surface area contributed by atoms with E-state index in [-0.39, 0.29) is 24.2 Å². The Hall–Kier alpha value is -3.09. The van der Waals surface area contributed by atoms with Crippen LogP contribution < -0.4 is 19.9 Å². The third-order valence-electron chi connectivity index (χ3n) is 6.08. The topological polar surface area (TPSA) is 74.8 Å². The average Bonchev–Trinajstić information content (AvgIpc) is 3.00. The van der Waals surface area contributed by atoms with Crippen LogP contribution >= 0.6 is 0 Å². The number of para-hydroxylation sites is 2. The molecule has 31 heavy (non-hydrogen) atoms.